The van der Waals surface area contributed by atoms with Crippen molar-refractivity contribution in [3.8, 4) is 0 Å². The predicted octanol–water partition coefficient (Wildman–Crippen LogP) is 1.46. The van der Waals surface area contributed by atoms with Crippen LogP contribution in [0.25, 0.3) is 43.6 Å². The van der Waals surface area contributed by atoms with E-state index in [-0.39, 0.29) is 70.3 Å². The van der Waals surface area contributed by atoms with Gasteiger partial charge in [-0.15, -0.1) is 0 Å². The van der Waals surface area contributed by atoms with Crippen LogP contribution in [0, 0.1) is 17.2 Å². The van der Waals surface area contributed by atoms with Gasteiger partial charge in [-0.05, 0) is 84.0 Å². The molecule has 8 aromatic rings. The molecule has 542 valence electrons. The van der Waals surface area contributed by atoms with Crippen LogP contribution in [0.5, 0.6) is 0 Å². The van der Waals surface area contributed by atoms with Crippen LogP contribution in [0.1, 0.15) is 101 Å². The number of carbonyl (C=O) groups is 11. The normalized spacial score (nSPS) is 14.6. The molecule has 4 aromatic carbocycles. The van der Waals surface area contributed by atoms with Gasteiger partial charge in [-0.2, -0.15) is 0 Å². The van der Waals surface area contributed by atoms with Crippen molar-refractivity contribution in [2.24, 2.45) is 40.5 Å². The molecule has 30 nitrogen and oxygen atoms in total. The molecular formula is C72H93N19O11. The molecule has 0 unspecified atom stereocenters. The average Bonchev–Trinajstić information content (AvgIpc) is 1.59. The lowest BCUT2D eigenvalue weighted by molar-refractivity contribution is -0.137. The molecule has 102 heavy (non-hydrogen) atoms. The summed E-state index contributed by atoms with van der Waals surface area (Å²) < 4.78 is 0. The van der Waals surface area contributed by atoms with Crippen LogP contribution in [0.15, 0.2) is 122 Å². The summed E-state index contributed by atoms with van der Waals surface area (Å²) in [5, 5.41) is 35.1. The van der Waals surface area contributed by atoms with Crippen molar-refractivity contribution in [1.29, 1.82) is 5.41 Å². The van der Waals surface area contributed by atoms with Crippen LogP contribution in [0.3, 0.4) is 0 Å². The molecule has 0 aliphatic heterocycles. The summed E-state index contributed by atoms with van der Waals surface area (Å²) in [6.45, 7) is 7.24. The summed E-state index contributed by atoms with van der Waals surface area (Å²) in [5.74, 6) is -10.6. The van der Waals surface area contributed by atoms with Gasteiger partial charge in [0.15, 0.2) is 5.96 Å². The molecule has 4 heterocycles. The van der Waals surface area contributed by atoms with Crippen molar-refractivity contribution >= 4 is 115 Å². The minimum Gasteiger partial charge on any atom is -0.370 e. The number of para-hydroxylation sites is 4. The topological polar surface area (TPSA) is 513 Å². The van der Waals surface area contributed by atoms with E-state index in [0.29, 0.717) is 74.2 Å². The number of aromatic amines is 4. The van der Waals surface area contributed by atoms with Crippen LogP contribution in [0.4, 0.5) is 0 Å². The number of benzene rings is 4. The van der Waals surface area contributed by atoms with Gasteiger partial charge in [-0.25, -0.2) is 0 Å². The summed E-state index contributed by atoms with van der Waals surface area (Å²) >= 11 is 0. The smallest absolute Gasteiger partial charge is 0.243 e. The Hall–Kier alpha value is -11.6. The number of hydrogen-bond acceptors (Lipinski definition) is 13. The molecule has 30 heteroatoms. The Labute approximate surface area is 588 Å². The van der Waals surface area contributed by atoms with Crippen molar-refractivity contribution in [3.05, 3.63) is 144 Å². The Morgan fingerprint density at radius 1 is 0.392 bits per heavy atom. The van der Waals surface area contributed by atoms with Crippen LogP contribution in [-0.2, 0) is 78.4 Å². The minimum absolute atomic E-state index is 0.0399. The first-order valence-corrected chi connectivity index (χ1v) is 34.1. The number of carbonyl (C=O) groups excluding carboxylic acids is 11. The summed E-state index contributed by atoms with van der Waals surface area (Å²) in [5.41, 5.74) is 33.8. The summed E-state index contributed by atoms with van der Waals surface area (Å²) in [4.78, 5) is 169. The quantitative estimate of drug-likeness (QED) is 0.0147. The van der Waals surface area contributed by atoms with E-state index < -0.39 is 131 Å². The van der Waals surface area contributed by atoms with Crippen LogP contribution in [-0.4, -0.2) is 152 Å². The number of rotatable bonds is 39. The molecule has 24 N–H and O–H groups in total. The summed E-state index contributed by atoms with van der Waals surface area (Å²) in [6, 6.07) is 16.6. The molecule has 11 amide bonds. The van der Waals surface area contributed by atoms with E-state index >= 15 is 19.2 Å². The summed E-state index contributed by atoms with van der Waals surface area (Å²) in [6.07, 6.45) is 5.96. The predicted molar refractivity (Wildman–Crippen MR) is 386 cm³/mol. The van der Waals surface area contributed by atoms with Gasteiger partial charge in [0.1, 0.15) is 48.3 Å². The average molecular weight is 1400 g/mol. The van der Waals surface area contributed by atoms with Crippen LogP contribution in [0.2, 0.25) is 0 Å². The standard InChI is InChI=1S/C72H93N19O11/c1-5-38(3)61(91-71(102)62(39(4)6-2)90-66(97)54(26-28-60(75)93)84-64(95)48(73)20-15-29-79-72(77)78)70(101)89-58(33-43-37-83-52-24-14-10-19-47(43)52)69(100)88-57(32-42-36-82-51-23-13-9-18-46(42)51)68(99)87-56(31-41-35-81-50-22-12-8-17-45(41)50)67(98)85-53(25-27-59(74)92)65(96)86-55(63(76)94)30-40-34-80-49-21-11-7-16-44(40)49/h7-14,16-19,21-24,34-39,48,53-58,61-62,80-83H,5-6,15,20,25-33,73H2,1-4H3,(H2,74,92)(H2,75,93)(H2,76,94)(H,84,95)(H,85,98)(H,86,96)(H,87,99)(H,88,100)(H,89,101)(H,90,97)(H,91,102)(H4,77,78,79)/t38-,39-,48-,53-,54-,55-,56-,57-,58-,61-,62-/m0/s1. The Kier molecular flexibility index (Phi) is 26.9. The minimum atomic E-state index is -1.53. The van der Waals surface area contributed by atoms with Gasteiger partial charge in [0, 0.05) is 113 Å². The highest BCUT2D eigenvalue weighted by Crippen LogP contribution is 2.25. The summed E-state index contributed by atoms with van der Waals surface area (Å²) in [7, 11) is 0. The van der Waals surface area contributed by atoms with Gasteiger partial charge >= 0.3 is 0 Å². The fraction of sp³-hybridized carbons (Fsp3) is 0.389. The maximum absolute atomic E-state index is 15.6. The zero-order valence-corrected chi connectivity index (χ0v) is 57.5. The molecule has 0 spiro atoms. The van der Waals surface area contributed by atoms with Gasteiger partial charge in [0.25, 0.3) is 0 Å². The molecule has 8 rings (SSSR count). The SMILES string of the molecule is CC[C@H](C)[C@H](NC(=O)[C@H](CCC(N)=O)NC(=O)[C@@H](N)CCCNC(=N)N)C(=O)N[C@H](C(=O)N[C@@H](Cc1c[nH]c2ccccc12)C(=O)N[C@@H](Cc1c[nH]c2ccccc12)C(=O)N[C@@H](Cc1c[nH]c2ccccc12)C(=O)N[C@@H](CCC(N)=O)C(=O)N[C@@H](Cc1c[nH]c2ccccc12)C(N)=O)[C@@H](C)CC. The van der Waals surface area contributed by atoms with Crippen LogP contribution < -0.4 is 76.5 Å². The number of nitrogens with one attached hydrogen (secondary N) is 14. The second-order valence-corrected chi connectivity index (χ2v) is 25.9. The number of primary amides is 3. The van der Waals surface area contributed by atoms with Crippen molar-refractivity contribution in [3.63, 3.8) is 0 Å². The van der Waals surface area contributed by atoms with E-state index in [2.05, 4.69) is 67.8 Å². The number of guanidine groups is 1. The highest BCUT2D eigenvalue weighted by molar-refractivity contribution is 6.00. The highest BCUT2D eigenvalue weighted by atomic mass is 16.2. The lowest BCUT2D eigenvalue weighted by Gasteiger charge is -2.31. The Bertz CT molecular complexity index is 4330. The number of fused-ring (bicyclic) bond motifs is 4. The molecule has 0 aliphatic carbocycles. The van der Waals surface area contributed by atoms with Crippen molar-refractivity contribution in [1.82, 2.24) is 67.8 Å². The van der Waals surface area contributed by atoms with E-state index in [1.165, 1.54) is 0 Å². The Morgan fingerprint density at radius 3 is 1.04 bits per heavy atom. The second kappa shape index (κ2) is 36.0. The van der Waals surface area contributed by atoms with E-state index in [9.17, 15) is 33.6 Å². The lowest BCUT2D eigenvalue weighted by Crippen LogP contribution is -2.62. The molecule has 0 saturated heterocycles. The lowest BCUT2D eigenvalue weighted by atomic mass is 9.94. The van der Waals surface area contributed by atoms with E-state index in [1.54, 1.807) is 70.7 Å². The first kappa shape index (κ1) is 76.2. The molecule has 0 radical (unpaired) electrons. The maximum Gasteiger partial charge on any atom is 0.243 e. The Morgan fingerprint density at radius 2 is 0.686 bits per heavy atom. The third-order valence-corrected chi connectivity index (χ3v) is 18.5. The first-order chi connectivity index (χ1) is 48.8. The van der Waals surface area contributed by atoms with Crippen molar-refractivity contribution in [2.75, 3.05) is 6.54 Å². The largest absolute Gasteiger partial charge is 0.370 e. The zero-order chi connectivity index (χ0) is 73.7. The molecule has 0 bridgehead atoms. The number of hydrogen-bond donors (Lipinski definition) is 19. The third kappa shape index (κ3) is 20.5. The van der Waals surface area contributed by atoms with E-state index in [0.717, 1.165) is 10.9 Å². The highest BCUT2D eigenvalue weighted by Gasteiger charge is 2.38. The number of amides is 11. The van der Waals surface area contributed by atoms with Crippen LogP contribution >= 0.6 is 0 Å². The van der Waals surface area contributed by atoms with E-state index in [1.807, 2.05) is 78.9 Å². The fourth-order valence-electron chi connectivity index (χ4n) is 12.2. The third-order valence-electron chi connectivity index (χ3n) is 18.5. The van der Waals surface area contributed by atoms with Gasteiger partial charge < -0.3 is 96.5 Å². The van der Waals surface area contributed by atoms with Gasteiger partial charge in [0.2, 0.25) is 65.0 Å². The number of nitrogens with two attached hydrogens (primary N) is 5. The number of aromatic nitrogens is 4. The van der Waals surface area contributed by atoms with Gasteiger partial charge in [-0.1, -0.05) is 113 Å². The first-order valence-electron chi connectivity index (χ1n) is 34.1. The zero-order valence-electron chi connectivity index (χ0n) is 57.5. The van der Waals surface area contributed by atoms with Gasteiger partial charge in [0.05, 0.1) is 6.04 Å². The van der Waals surface area contributed by atoms with E-state index in [4.69, 9.17) is 34.1 Å². The monoisotopic (exact) mass is 1400 g/mol. The fourth-order valence-corrected chi connectivity index (χ4v) is 12.2. The molecule has 0 saturated carbocycles. The molecular weight excluding hydrogens is 1310 g/mol. The van der Waals surface area contributed by atoms with Crippen molar-refractivity contribution in [2.45, 2.75) is 159 Å². The molecule has 0 aliphatic rings. The molecule has 11 atom stereocenters. The molecule has 0 fully saturated rings. The van der Waals surface area contributed by atoms with Gasteiger partial charge in [-0.3, -0.25) is 58.1 Å². The molecule has 4 aromatic heterocycles. The Balaban J connectivity index is 1.09. The maximum atomic E-state index is 15.6. The second-order valence-electron chi connectivity index (χ2n) is 25.9. The van der Waals surface area contributed by atoms with Crippen molar-refractivity contribution < 1.29 is 52.7 Å². The number of H-pyrrole nitrogens is 4.